The summed E-state index contributed by atoms with van der Waals surface area (Å²) >= 11 is 3.40. The Labute approximate surface area is 132 Å². The van der Waals surface area contributed by atoms with Gasteiger partial charge in [0.1, 0.15) is 6.61 Å². The van der Waals surface area contributed by atoms with Crippen molar-refractivity contribution in [3.63, 3.8) is 0 Å². The second kappa shape index (κ2) is 7.85. The molecule has 1 aromatic carbocycles. The number of hydrogen-bond donors (Lipinski definition) is 2. The second-order valence-corrected chi connectivity index (χ2v) is 5.22. The van der Waals surface area contributed by atoms with Gasteiger partial charge in [0.05, 0.1) is 13.7 Å². The minimum atomic E-state index is -0.0372. The number of nitrogens with zero attached hydrogens (tertiary/aromatic N) is 1. The molecule has 2 rings (SSSR count). The van der Waals surface area contributed by atoms with Crippen molar-refractivity contribution < 1.29 is 14.6 Å². The predicted molar refractivity (Wildman–Crippen MR) is 84.8 cm³/mol. The normalized spacial score (nSPS) is 10.2. The Morgan fingerprint density at radius 3 is 2.81 bits per heavy atom. The highest BCUT2D eigenvalue weighted by molar-refractivity contribution is 9.10. The lowest BCUT2D eigenvalue weighted by atomic mass is 10.2. The third-order valence-electron chi connectivity index (χ3n) is 2.77. The number of halogens is 1. The maximum Gasteiger partial charge on any atom is 0.163 e. The number of rotatable bonds is 7. The molecule has 0 spiro atoms. The van der Waals surface area contributed by atoms with E-state index < -0.39 is 0 Å². The van der Waals surface area contributed by atoms with Gasteiger partial charge in [-0.2, -0.15) is 0 Å². The Kier molecular flexibility index (Phi) is 5.83. The summed E-state index contributed by atoms with van der Waals surface area (Å²) in [5.74, 6) is 1.24. The van der Waals surface area contributed by atoms with Crippen molar-refractivity contribution in [2.45, 2.75) is 6.54 Å². The number of pyridine rings is 1. The van der Waals surface area contributed by atoms with Crippen molar-refractivity contribution in [2.75, 3.05) is 25.6 Å². The number of ether oxygens (including phenoxy) is 2. The van der Waals surface area contributed by atoms with Crippen LogP contribution in [0.25, 0.3) is 0 Å². The van der Waals surface area contributed by atoms with E-state index in [9.17, 15) is 0 Å². The zero-order valence-electron chi connectivity index (χ0n) is 11.7. The van der Waals surface area contributed by atoms with E-state index in [1.807, 2.05) is 30.5 Å². The smallest absolute Gasteiger partial charge is 0.163 e. The van der Waals surface area contributed by atoms with Gasteiger partial charge in [-0.3, -0.25) is 4.98 Å². The highest BCUT2D eigenvalue weighted by atomic mass is 79.9. The summed E-state index contributed by atoms with van der Waals surface area (Å²) in [4.78, 5) is 4.12. The van der Waals surface area contributed by atoms with Gasteiger partial charge in [0.2, 0.25) is 0 Å². The lowest BCUT2D eigenvalue weighted by molar-refractivity contribution is 0.196. The summed E-state index contributed by atoms with van der Waals surface area (Å²) in [5, 5.41) is 12.1. The van der Waals surface area contributed by atoms with Crippen LogP contribution in [0, 0.1) is 0 Å². The van der Waals surface area contributed by atoms with E-state index in [-0.39, 0.29) is 13.2 Å². The molecule has 1 heterocycles. The molecule has 5 nitrogen and oxygen atoms in total. The van der Waals surface area contributed by atoms with Crippen LogP contribution in [0.1, 0.15) is 5.56 Å². The number of nitrogens with one attached hydrogen (secondary N) is 1. The SMILES string of the molecule is COc1ccc(NCc2cncc(Br)c2)cc1OCCO. The topological polar surface area (TPSA) is 63.6 Å². The van der Waals surface area contributed by atoms with Crippen LogP contribution in [-0.2, 0) is 6.54 Å². The van der Waals surface area contributed by atoms with Crippen LogP contribution in [0.5, 0.6) is 11.5 Å². The first-order valence-electron chi connectivity index (χ1n) is 6.48. The molecule has 0 aliphatic carbocycles. The number of aromatic nitrogens is 1. The van der Waals surface area contributed by atoms with E-state index in [1.54, 1.807) is 13.3 Å². The monoisotopic (exact) mass is 352 g/mol. The summed E-state index contributed by atoms with van der Waals surface area (Å²) < 4.78 is 11.6. The van der Waals surface area contributed by atoms with Crippen LogP contribution >= 0.6 is 15.9 Å². The van der Waals surface area contributed by atoms with Crippen molar-refractivity contribution in [3.05, 3.63) is 46.7 Å². The van der Waals surface area contributed by atoms with Gasteiger partial charge in [-0.05, 0) is 39.7 Å². The minimum Gasteiger partial charge on any atom is -0.493 e. The fourth-order valence-corrected chi connectivity index (χ4v) is 2.22. The van der Waals surface area contributed by atoms with Crippen LogP contribution in [0.3, 0.4) is 0 Å². The van der Waals surface area contributed by atoms with Crippen molar-refractivity contribution in [1.29, 1.82) is 0 Å². The molecular weight excluding hydrogens is 336 g/mol. The van der Waals surface area contributed by atoms with E-state index in [2.05, 4.69) is 26.2 Å². The van der Waals surface area contributed by atoms with E-state index in [4.69, 9.17) is 14.6 Å². The Hall–Kier alpha value is -1.79. The molecule has 0 radical (unpaired) electrons. The van der Waals surface area contributed by atoms with Gasteiger partial charge in [0, 0.05) is 35.2 Å². The molecule has 1 aromatic heterocycles. The molecule has 0 saturated heterocycles. The molecule has 0 amide bonds. The van der Waals surface area contributed by atoms with Gasteiger partial charge in [-0.1, -0.05) is 0 Å². The van der Waals surface area contributed by atoms with Gasteiger partial charge in [0.25, 0.3) is 0 Å². The molecule has 21 heavy (non-hydrogen) atoms. The quantitative estimate of drug-likeness (QED) is 0.802. The van der Waals surface area contributed by atoms with Gasteiger partial charge in [-0.25, -0.2) is 0 Å². The van der Waals surface area contributed by atoms with E-state index in [1.165, 1.54) is 0 Å². The Morgan fingerprint density at radius 2 is 2.10 bits per heavy atom. The van der Waals surface area contributed by atoms with Crippen molar-refractivity contribution in [2.24, 2.45) is 0 Å². The largest absolute Gasteiger partial charge is 0.493 e. The van der Waals surface area contributed by atoms with Crippen LogP contribution in [0.4, 0.5) is 5.69 Å². The number of anilines is 1. The molecule has 112 valence electrons. The summed E-state index contributed by atoms with van der Waals surface area (Å²) in [7, 11) is 1.58. The number of methoxy groups -OCH3 is 1. The van der Waals surface area contributed by atoms with E-state index in [0.29, 0.717) is 18.0 Å². The van der Waals surface area contributed by atoms with Gasteiger partial charge < -0.3 is 19.9 Å². The first-order valence-corrected chi connectivity index (χ1v) is 7.27. The van der Waals surface area contributed by atoms with Crippen LogP contribution in [0.15, 0.2) is 41.1 Å². The second-order valence-electron chi connectivity index (χ2n) is 4.30. The highest BCUT2D eigenvalue weighted by Gasteiger charge is 2.06. The van der Waals surface area contributed by atoms with Crippen LogP contribution in [0.2, 0.25) is 0 Å². The molecule has 0 aliphatic heterocycles. The molecule has 0 atom stereocenters. The molecule has 0 fully saturated rings. The van der Waals surface area contributed by atoms with E-state index >= 15 is 0 Å². The third kappa shape index (κ3) is 4.61. The molecule has 2 aromatic rings. The summed E-state index contributed by atoms with van der Waals surface area (Å²) in [6.45, 7) is 0.845. The first kappa shape index (κ1) is 15.6. The van der Waals surface area contributed by atoms with Gasteiger partial charge in [-0.15, -0.1) is 0 Å². The van der Waals surface area contributed by atoms with Gasteiger partial charge in [0.15, 0.2) is 11.5 Å². The lowest BCUT2D eigenvalue weighted by Crippen LogP contribution is -2.04. The number of benzene rings is 1. The molecule has 0 aliphatic rings. The fraction of sp³-hybridized carbons (Fsp3) is 0.267. The summed E-state index contributed by atoms with van der Waals surface area (Å²) in [5.41, 5.74) is 1.97. The number of hydrogen-bond acceptors (Lipinski definition) is 5. The zero-order chi connectivity index (χ0) is 15.1. The summed E-state index contributed by atoms with van der Waals surface area (Å²) in [6, 6.07) is 7.59. The van der Waals surface area contributed by atoms with Crippen LogP contribution < -0.4 is 14.8 Å². The standard InChI is InChI=1S/C15H17BrN2O3/c1-20-14-3-2-13(7-15(14)21-5-4-19)18-9-11-6-12(16)10-17-8-11/h2-3,6-8,10,18-19H,4-5,9H2,1H3. The number of aliphatic hydroxyl groups excluding tert-OH is 1. The van der Waals surface area contributed by atoms with Gasteiger partial charge >= 0.3 is 0 Å². The van der Waals surface area contributed by atoms with Crippen molar-refractivity contribution >= 4 is 21.6 Å². The lowest BCUT2D eigenvalue weighted by Gasteiger charge is -2.13. The average molecular weight is 353 g/mol. The maximum absolute atomic E-state index is 8.85. The minimum absolute atomic E-state index is 0.0372. The molecule has 0 bridgehead atoms. The highest BCUT2D eigenvalue weighted by Crippen LogP contribution is 2.30. The molecule has 2 N–H and O–H groups in total. The zero-order valence-corrected chi connectivity index (χ0v) is 13.3. The van der Waals surface area contributed by atoms with Crippen molar-refractivity contribution in [3.8, 4) is 11.5 Å². The average Bonchev–Trinajstić information content (AvgIpc) is 2.51. The Morgan fingerprint density at radius 1 is 1.24 bits per heavy atom. The number of aliphatic hydroxyl groups is 1. The first-order chi connectivity index (χ1) is 10.2. The predicted octanol–water partition coefficient (Wildman–Crippen LogP) is 2.84. The summed E-state index contributed by atoms with van der Waals surface area (Å²) in [6.07, 6.45) is 3.56. The molecule has 6 heteroatoms. The molecule has 0 saturated carbocycles. The molecular formula is C15H17BrN2O3. The van der Waals surface area contributed by atoms with Crippen LogP contribution in [-0.4, -0.2) is 30.4 Å². The van der Waals surface area contributed by atoms with E-state index in [0.717, 1.165) is 15.7 Å². The fourth-order valence-electron chi connectivity index (χ4n) is 1.81. The Balaban J connectivity index is 2.06. The third-order valence-corrected chi connectivity index (χ3v) is 3.20. The maximum atomic E-state index is 8.85. The molecule has 0 unspecified atom stereocenters. The Bertz CT molecular complexity index is 593. The van der Waals surface area contributed by atoms with Crippen molar-refractivity contribution in [1.82, 2.24) is 4.98 Å².